The van der Waals surface area contributed by atoms with Crippen molar-refractivity contribution in [3.05, 3.63) is 12.0 Å². The van der Waals surface area contributed by atoms with Gasteiger partial charge in [-0.25, -0.2) is 13.4 Å². The Labute approximate surface area is 130 Å². The van der Waals surface area contributed by atoms with E-state index in [4.69, 9.17) is 5.73 Å². The number of amides is 1. The highest BCUT2D eigenvalue weighted by Crippen LogP contribution is 2.17. The lowest BCUT2D eigenvalue weighted by Crippen LogP contribution is -2.51. The Kier molecular flexibility index (Phi) is 4.88. The Balaban J connectivity index is 2.03. The lowest BCUT2D eigenvalue weighted by Gasteiger charge is -2.33. The summed E-state index contributed by atoms with van der Waals surface area (Å²) in [4.78, 5) is 17.7. The largest absolute Gasteiger partial charge is 0.340 e. The Morgan fingerprint density at radius 1 is 1.36 bits per heavy atom. The van der Waals surface area contributed by atoms with Crippen molar-refractivity contribution < 1.29 is 13.2 Å². The molecule has 1 aromatic rings. The highest BCUT2D eigenvalue weighted by atomic mass is 32.2. The molecule has 1 fully saturated rings. The Bertz CT molecular complexity index is 625. The van der Waals surface area contributed by atoms with Crippen molar-refractivity contribution >= 4 is 15.9 Å². The van der Waals surface area contributed by atoms with E-state index in [-0.39, 0.29) is 36.5 Å². The molecule has 124 valence electrons. The molecule has 1 aliphatic rings. The molecule has 1 atom stereocenters. The van der Waals surface area contributed by atoms with E-state index in [1.165, 1.54) is 10.5 Å². The van der Waals surface area contributed by atoms with Crippen LogP contribution in [0.1, 0.15) is 19.2 Å². The van der Waals surface area contributed by atoms with Crippen LogP contribution in [0.5, 0.6) is 0 Å². The maximum atomic E-state index is 12.5. The fourth-order valence-electron chi connectivity index (χ4n) is 2.37. The van der Waals surface area contributed by atoms with Gasteiger partial charge in [0.1, 0.15) is 5.82 Å². The summed E-state index contributed by atoms with van der Waals surface area (Å²) < 4.78 is 28.1. The minimum absolute atomic E-state index is 0.0271. The number of imidazole rings is 1. The molecule has 8 nitrogen and oxygen atoms in total. The van der Waals surface area contributed by atoms with Gasteiger partial charge in [-0.2, -0.15) is 4.31 Å². The van der Waals surface area contributed by atoms with E-state index in [9.17, 15) is 13.2 Å². The highest BCUT2D eigenvalue weighted by molar-refractivity contribution is 7.89. The third-order valence-electron chi connectivity index (χ3n) is 3.78. The van der Waals surface area contributed by atoms with Gasteiger partial charge in [-0.05, 0) is 13.8 Å². The second kappa shape index (κ2) is 6.35. The second-order valence-corrected chi connectivity index (χ2v) is 7.59. The molecule has 9 heteroatoms. The number of nitrogens with zero attached hydrogens (tertiary/aromatic N) is 4. The van der Waals surface area contributed by atoms with Gasteiger partial charge in [0, 0.05) is 51.9 Å². The molecule has 0 aliphatic carbocycles. The van der Waals surface area contributed by atoms with Gasteiger partial charge in [-0.3, -0.25) is 4.79 Å². The van der Waals surface area contributed by atoms with Crippen molar-refractivity contribution in [1.82, 2.24) is 18.8 Å². The van der Waals surface area contributed by atoms with E-state index in [0.29, 0.717) is 18.9 Å². The van der Waals surface area contributed by atoms with Crippen molar-refractivity contribution in [1.29, 1.82) is 0 Å². The molecule has 1 amide bonds. The number of carbonyl (C=O) groups excluding carboxylic acids is 1. The van der Waals surface area contributed by atoms with Crippen LogP contribution < -0.4 is 5.73 Å². The lowest BCUT2D eigenvalue weighted by atomic mass is 10.2. The number of carbonyl (C=O) groups is 1. The first-order valence-corrected chi connectivity index (χ1v) is 8.69. The zero-order valence-electron chi connectivity index (χ0n) is 13.2. The van der Waals surface area contributed by atoms with Gasteiger partial charge in [0.2, 0.25) is 5.91 Å². The quantitative estimate of drug-likeness (QED) is 0.787. The van der Waals surface area contributed by atoms with Crippen LogP contribution in [0.3, 0.4) is 0 Å². The van der Waals surface area contributed by atoms with Crippen LogP contribution in [0, 0.1) is 6.92 Å². The third-order valence-corrected chi connectivity index (χ3v) is 5.55. The van der Waals surface area contributed by atoms with Crippen LogP contribution in [0.2, 0.25) is 0 Å². The van der Waals surface area contributed by atoms with Crippen molar-refractivity contribution in [3.63, 3.8) is 0 Å². The second-order valence-electron chi connectivity index (χ2n) is 5.70. The van der Waals surface area contributed by atoms with Crippen LogP contribution in [0.25, 0.3) is 0 Å². The van der Waals surface area contributed by atoms with Crippen LogP contribution in [0.4, 0.5) is 0 Å². The summed E-state index contributed by atoms with van der Waals surface area (Å²) in [5.41, 5.74) is 5.62. The maximum absolute atomic E-state index is 12.5. The Morgan fingerprint density at radius 2 is 1.95 bits per heavy atom. The topological polar surface area (TPSA) is 102 Å². The van der Waals surface area contributed by atoms with Gasteiger partial charge in [-0.1, -0.05) is 0 Å². The molecule has 0 bridgehead atoms. The molecule has 2 heterocycles. The van der Waals surface area contributed by atoms with Crippen molar-refractivity contribution in [3.8, 4) is 0 Å². The minimum Gasteiger partial charge on any atom is -0.340 e. The first-order valence-electron chi connectivity index (χ1n) is 7.25. The molecule has 0 saturated carbocycles. The number of hydrogen-bond donors (Lipinski definition) is 1. The van der Waals surface area contributed by atoms with Crippen molar-refractivity contribution in [2.45, 2.75) is 31.3 Å². The smallest absolute Gasteiger partial charge is 0.262 e. The monoisotopic (exact) mass is 329 g/mol. The predicted octanol–water partition coefficient (Wildman–Crippen LogP) is -0.701. The van der Waals surface area contributed by atoms with Crippen LogP contribution in [-0.2, 0) is 21.9 Å². The summed E-state index contributed by atoms with van der Waals surface area (Å²) in [6, 6.07) is -0.189. The number of aryl methyl sites for hydroxylation is 2. The Hall–Kier alpha value is -1.45. The van der Waals surface area contributed by atoms with Gasteiger partial charge in [0.15, 0.2) is 5.03 Å². The molecular formula is C13H23N5O3S. The summed E-state index contributed by atoms with van der Waals surface area (Å²) >= 11 is 0. The molecule has 2 rings (SSSR count). The first kappa shape index (κ1) is 16.9. The van der Waals surface area contributed by atoms with Crippen LogP contribution >= 0.6 is 0 Å². The normalized spacial score (nSPS) is 18.5. The summed E-state index contributed by atoms with van der Waals surface area (Å²) in [5.74, 6) is 0.616. The molecule has 0 radical (unpaired) electrons. The van der Waals surface area contributed by atoms with Gasteiger partial charge < -0.3 is 15.2 Å². The molecular weight excluding hydrogens is 306 g/mol. The van der Waals surface area contributed by atoms with Gasteiger partial charge in [0.25, 0.3) is 10.0 Å². The standard InChI is InChI=1S/C13H23N5O3S/c1-10(14)8-13(19)17-4-6-18(7-5-17)22(20,21)12-9-16(3)11(2)15-12/h9-10H,4-8,14H2,1-3H3. The number of aromatic nitrogens is 2. The van der Waals surface area contributed by atoms with Gasteiger partial charge in [0.05, 0.1) is 0 Å². The van der Waals surface area contributed by atoms with E-state index in [1.807, 2.05) is 0 Å². The average Bonchev–Trinajstić information content (AvgIpc) is 2.79. The van der Waals surface area contributed by atoms with Crippen LogP contribution in [-0.4, -0.2) is 65.3 Å². The number of nitrogens with two attached hydrogens (primary N) is 1. The summed E-state index contributed by atoms with van der Waals surface area (Å²) in [6.45, 7) is 4.87. The summed E-state index contributed by atoms with van der Waals surface area (Å²) in [5, 5.41) is 0.0582. The number of hydrogen-bond acceptors (Lipinski definition) is 5. The first-order chi connectivity index (χ1) is 10.2. The SMILES string of the molecule is Cc1nc(S(=O)(=O)N2CCN(C(=O)CC(C)N)CC2)cn1C. The van der Waals surface area contributed by atoms with E-state index in [0.717, 1.165) is 0 Å². The van der Waals surface area contributed by atoms with E-state index in [1.54, 1.807) is 30.4 Å². The molecule has 0 aromatic carbocycles. The zero-order valence-corrected chi connectivity index (χ0v) is 14.0. The third kappa shape index (κ3) is 3.47. The molecule has 1 aromatic heterocycles. The number of sulfonamides is 1. The molecule has 1 saturated heterocycles. The molecule has 1 unspecified atom stereocenters. The van der Waals surface area contributed by atoms with Crippen molar-refractivity contribution in [2.24, 2.45) is 12.8 Å². The lowest BCUT2D eigenvalue weighted by molar-refractivity contribution is -0.132. The molecule has 1 aliphatic heterocycles. The highest BCUT2D eigenvalue weighted by Gasteiger charge is 2.31. The summed E-state index contributed by atoms with van der Waals surface area (Å²) in [6.07, 6.45) is 1.80. The molecule has 0 spiro atoms. The van der Waals surface area contributed by atoms with Crippen LogP contribution in [0.15, 0.2) is 11.2 Å². The predicted molar refractivity (Wildman–Crippen MR) is 81.6 cm³/mol. The number of rotatable bonds is 4. The van der Waals surface area contributed by atoms with E-state index in [2.05, 4.69) is 4.98 Å². The number of piperazine rings is 1. The van der Waals surface area contributed by atoms with Gasteiger partial charge >= 0.3 is 0 Å². The van der Waals surface area contributed by atoms with Gasteiger partial charge in [-0.15, -0.1) is 0 Å². The summed E-state index contributed by atoms with van der Waals surface area (Å²) in [7, 11) is -1.84. The minimum atomic E-state index is -3.60. The molecule has 22 heavy (non-hydrogen) atoms. The molecule has 2 N–H and O–H groups in total. The maximum Gasteiger partial charge on any atom is 0.262 e. The Morgan fingerprint density at radius 3 is 2.41 bits per heavy atom. The average molecular weight is 329 g/mol. The van der Waals surface area contributed by atoms with Crippen molar-refractivity contribution in [2.75, 3.05) is 26.2 Å². The van der Waals surface area contributed by atoms with E-state index >= 15 is 0 Å². The zero-order chi connectivity index (χ0) is 16.5. The fourth-order valence-corrected chi connectivity index (χ4v) is 3.81. The fraction of sp³-hybridized carbons (Fsp3) is 0.692. The van der Waals surface area contributed by atoms with E-state index < -0.39 is 10.0 Å².